The van der Waals surface area contributed by atoms with Gasteiger partial charge in [0.25, 0.3) is 0 Å². The number of rotatable bonds is 5. The van der Waals surface area contributed by atoms with Crippen LogP contribution < -0.4 is 0 Å². The number of piperidine rings is 1. The van der Waals surface area contributed by atoms with E-state index in [0.717, 1.165) is 32.5 Å². The zero-order valence-corrected chi connectivity index (χ0v) is 12.0. The first-order valence-corrected chi connectivity index (χ1v) is 7.39. The number of aromatic nitrogens is 5. The second kappa shape index (κ2) is 6.51. The van der Waals surface area contributed by atoms with Crippen molar-refractivity contribution >= 4 is 5.91 Å². The Balaban J connectivity index is 1.41. The van der Waals surface area contributed by atoms with E-state index in [1.54, 1.807) is 18.7 Å². The number of hydrogen-bond acceptors (Lipinski definition) is 4. The molecular weight excluding hydrogens is 268 g/mol. The number of hydrogen-bond donors (Lipinski definition) is 0. The van der Waals surface area contributed by atoms with Crippen molar-refractivity contribution in [1.29, 1.82) is 0 Å². The molecule has 0 aromatic carbocycles. The lowest BCUT2D eigenvalue weighted by Gasteiger charge is -2.32. The van der Waals surface area contributed by atoms with Crippen molar-refractivity contribution in [3.05, 3.63) is 31.1 Å². The molecule has 112 valence electrons. The maximum absolute atomic E-state index is 12.2. The first kappa shape index (κ1) is 13.8. The molecule has 3 heterocycles. The molecule has 0 N–H and O–H groups in total. The van der Waals surface area contributed by atoms with Gasteiger partial charge in [-0.15, -0.1) is 5.10 Å². The van der Waals surface area contributed by atoms with Gasteiger partial charge in [-0.1, -0.05) is 5.21 Å². The van der Waals surface area contributed by atoms with Gasteiger partial charge in [-0.05, 0) is 18.8 Å². The van der Waals surface area contributed by atoms with Gasteiger partial charge in [0.15, 0.2) is 0 Å². The summed E-state index contributed by atoms with van der Waals surface area (Å²) in [6.07, 6.45) is 11.6. The van der Waals surface area contributed by atoms with Gasteiger partial charge >= 0.3 is 0 Å². The zero-order valence-electron chi connectivity index (χ0n) is 12.0. The van der Waals surface area contributed by atoms with Gasteiger partial charge in [0.1, 0.15) is 0 Å². The summed E-state index contributed by atoms with van der Waals surface area (Å²) in [6, 6.07) is 0. The molecule has 7 heteroatoms. The fourth-order valence-corrected chi connectivity index (χ4v) is 2.76. The first-order chi connectivity index (χ1) is 10.3. The number of amides is 1. The second-order valence-electron chi connectivity index (χ2n) is 5.50. The molecule has 0 aliphatic carbocycles. The number of imidazole rings is 1. The summed E-state index contributed by atoms with van der Waals surface area (Å²) in [4.78, 5) is 18.1. The fraction of sp³-hybridized carbons (Fsp3) is 0.571. The predicted octanol–water partition coefficient (Wildman–Crippen LogP) is 0.804. The van der Waals surface area contributed by atoms with Gasteiger partial charge in [-0.25, -0.2) is 4.98 Å². The van der Waals surface area contributed by atoms with Gasteiger partial charge < -0.3 is 9.47 Å². The first-order valence-electron chi connectivity index (χ1n) is 7.39. The van der Waals surface area contributed by atoms with Crippen molar-refractivity contribution in [2.75, 3.05) is 13.1 Å². The highest BCUT2D eigenvalue weighted by molar-refractivity contribution is 5.76. The molecule has 0 saturated carbocycles. The minimum Gasteiger partial charge on any atom is -0.343 e. The van der Waals surface area contributed by atoms with E-state index in [9.17, 15) is 4.79 Å². The lowest BCUT2D eigenvalue weighted by atomic mass is 9.96. The van der Waals surface area contributed by atoms with Crippen LogP contribution in [-0.4, -0.2) is 48.4 Å². The molecule has 2 aromatic rings. The maximum Gasteiger partial charge on any atom is 0.224 e. The molecule has 1 amide bonds. The Bertz CT molecular complexity index is 542. The number of carbonyl (C=O) groups is 1. The Labute approximate surface area is 123 Å². The quantitative estimate of drug-likeness (QED) is 0.816. The molecule has 2 aromatic heterocycles. The van der Waals surface area contributed by atoms with Crippen LogP contribution in [0.25, 0.3) is 0 Å². The predicted molar refractivity (Wildman–Crippen MR) is 76.2 cm³/mol. The number of nitrogens with zero attached hydrogens (tertiary/aromatic N) is 6. The Hall–Kier alpha value is -2.18. The van der Waals surface area contributed by atoms with Crippen LogP contribution in [0.4, 0.5) is 0 Å². The highest BCUT2D eigenvalue weighted by atomic mass is 16.2. The van der Waals surface area contributed by atoms with Crippen LogP contribution in [0.5, 0.6) is 0 Å². The molecule has 0 unspecified atom stereocenters. The lowest BCUT2D eigenvalue weighted by molar-refractivity contribution is -0.132. The smallest absolute Gasteiger partial charge is 0.224 e. The van der Waals surface area contributed by atoms with Crippen molar-refractivity contribution in [1.82, 2.24) is 29.4 Å². The largest absolute Gasteiger partial charge is 0.343 e. The molecule has 1 saturated heterocycles. The molecule has 0 bridgehead atoms. The van der Waals surface area contributed by atoms with Gasteiger partial charge in [0.05, 0.1) is 12.5 Å². The van der Waals surface area contributed by atoms with E-state index in [-0.39, 0.29) is 5.91 Å². The van der Waals surface area contributed by atoms with E-state index >= 15 is 0 Å². The highest BCUT2D eigenvalue weighted by Crippen LogP contribution is 2.19. The van der Waals surface area contributed by atoms with E-state index < -0.39 is 0 Å². The van der Waals surface area contributed by atoms with Gasteiger partial charge in [-0.3, -0.25) is 9.48 Å². The van der Waals surface area contributed by atoms with Crippen LogP contribution in [0, 0.1) is 5.92 Å². The summed E-state index contributed by atoms with van der Waals surface area (Å²) in [5, 5.41) is 7.82. The van der Waals surface area contributed by atoms with Gasteiger partial charge in [0.2, 0.25) is 5.91 Å². The molecule has 21 heavy (non-hydrogen) atoms. The summed E-state index contributed by atoms with van der Waals surface area (Å²) in [7, 11) is 0. The topological polar surface area (TPSA) is 68.8 Å². The standard InChI is InChI=1S/C14H20N6O/c21-14(3-6-18-9-4-15-12-18)19-7-1-13(2-8-19)11-20-10-5-16-17-20/h4-5,9-10,12-13H,1-3,6-8,11H2. The molecule has 0 spiro atoms. The van der Waals surface area contributed by atoms with Crippen molar-refractivity contribution in [2.45, 2.75) is 32.4 Å². The summed E-state index contributed by atoms with van der Waals surface area (Å²) >= 11 is 0. The number of likely N-dealkylation sites (tertiary alicyclic amines) is 1. The summed E-state index contributed by atoms with van der Waals surface area (Å²) in [6.45, 7) is 3.30. The Morgan fingerprint density at radius 2 is 2.05 bits per heavy atom. The van der Waals surface area contributed by atoms with Crippen LogP contribution in [-0.2, 0) is 17.9 Å². The third-order valence-corrected chi connectivity index (χ3v) is 4.03. The third kappa shape index (κ3) is 3.68. The molecule has 0 radical (unpaired) electrons. The van der Waals surface area contributed by atoms with Crippen LogP contribution in [0.3, 0.4) is 0 Å². The lowest BCUT2D eigenvalue weighted by Crippen LogP contribution is -2.39. The summed E-state index contributed by atoms with van der Waals surface area (Å²) < 4.78 is 3.82. The van der Waals surface area contributed by atoms with Gasteiger partial charge in [-0.2, -0.15) is 0 Å². The third-order valence-electron chi connectivity index (χ3n) is 4.03. The molecule has 0 atom stereocenters. The van der Waals surface area contributed by atoms with E-state index in [0.29, 0.717) is 18.9 Å². The van der Waals surface area contributed by atoms with Gasteiger partial charge in [0, 0.05) is 51.2 Å². The van der Waals surface area contributed by atoms with Crippen molar-refractivity contribution in [2.24, 2.45) is 5.92 Å². The Morgan fingerprint density at radius 3 is 2.71 bits per heavy atom. The number of carbonyl (C=O) groups excluding carboxylic acids is 1. The zero-order chi connectivity index (χ0) is 14.5. The average Bonchev–Trinajstić information content (AvgIpc) is 3.19. The molecule has 3 rings (SSSR count). The van der Waals surface area contributed by atoms with E-state index in [4.69, 9.17) is 0 Å². The summed E-state index contributed by atoms with van der Waals surface area (Å²) in [5.74, 6) is 0.826. The molecule has 1 aliphatic heterocycles. The average molecular weight is 288 g/mol. The minimum absolute atomic E-state index is 0.239. The molecular formula is C14H20N6O. The highest BCUT2D eigenvalue weighted by Gasteiger charge is 2.22. The van der Waals surface area contributed by atoms with Crippen LogP contribution in [0.15, 0.2) is 31.1 Å². The van der Waals surface area contributed by atoms with E-state index in [2.05, 4.69) is 15.3 Å². The van der Waals surface area contributed by atoms with Crippen LogP contribution in [0.2, 0.25) is 0 Å². The fourth-order valence-electron chi connectivity index (χ4n) is 2.76. The van der Waals surface area contributed by atoms with Crippen molar-refractivity contribution < 1.29 is 4.79 Å². The molecule has 7 nitrogen and oxygen atoms in total. The molecule has 1 fully saturated rings. The number of aryl methyl sites for hydroxylation is 1. The Kier molecular flexibility index (Phi) is 4.28. The van der Waals surface area contributed by atoms with Crippen molar-refractivity contribution in [3.8, 4) is 0 Å². The Morgan fingerprint density at radius 1 is 1.19 bits per heavy atom. The normalized spacial score (nSPS) is 16.3. The molecule has 1 aliphatic rings. The van der Waals surface area contributed by atoms with E-state index in [1.807, 2.05) is 26.5 Å². The maximum atomic E-state index is 12.2. The van der Waals surface area contributed by atoms with Crippen LogP contribution in [0.1, 0.15) is 19.3 Å². The second-order valence-corrected chi connectivity index (χ2v) is 5.50. The minimum atomic E-state index is 0.239. The van der Waals surface area contributed by atoms with E-state index in [1.165, 1.54) is 0 Å². The SMILES string of the molecule is O=C(CCn1ccnc1)N1CCC(Cn2ccnn2)CC1. The van der Waals surface area contributed by atoms with Crippen molar-refractivity contribution in [3.63, 3.8) is 0 Å². The summed E-state index contributed by atoms with van der Waals surface area (Å²) in [5.41, 5.74) is 0. The van der Waals surface area contributed by atoms with Crippen LogP contribution >= 0.6 is 0 Å². The monoisotopic (exact) mass is 288 g/mol.